The highest BCUT2D eigenvalue weighted by molar-refractivity contribution is 5.44. The van der Waals surface area contributed by atoms with Crippen LogP contribution in [0, 0.1) is 5.92 Å². The quantitative estimate of drug-likeness (QED) is 0.887. The Balaban J connectivity index is 1.70. The average molecular weight is 247 g/mol. The number of ether oxygens (including phenoxy) is 2. The van der Waals surface area contributed by atoms with Gasteiger partial charge < -0.3 is 14.8 Å². The van der Waals surface area contributed by atoms with Crippen molar-refractivity contribution in [3.8, 4) is 11.5 Å². The van der Waals surface area contributed by atoms with Crippen molar-refractivity contribution in [1.82, 2.24) is 5.32 Å². The minimum absolute atomic E-state index is 0.358. The molecule has 3 nitrogen and oxygen atoms in total. The number of nitrogens with one attached hydrogen (secondary N) is 1. The maximum atomic E-state index is 5.44. The van der Waals surface area contributed by atoms with E-state index in [1.54, 1.807) is 0 Å². The first-order valence-corrected chi connectivity index (χ1v) is 6.92. The molecule has 3 rings (SSSR count). The van der Waals surface area contributed by atoms with E-state index in [0.717, 1.165) is 23.8 Å². The predicted octanol–water partition coefficient (Wildman–Crippen LogP) is 2.74. The van der Waals surface area contributed by atoms with Crippen molar-refractivity contribution >= 4 is 0 Å². The number of hydrogen-bond acceptors (Lipinski definition) is 3. The Labute approximate surface area is 108 Å². The largest absolute Gasteiger partial charge is 0.454 e. The molecule has 1 aliphatic heterocycles. The summed E-state index contributed by atoms with van der Waals surface area (Å²) in [5.74, 6) is 2.61. The Morgan fingerprint density at radius 2 is 2.00 bits per heavy atom. The second-order valence-electron chi connectivity index (χ2n) is 5.33. The molecule has 98 valence electrons. The van der Waals surface area contributed by atoms with Crippen LogP contribution in [0.4, 0.5) is 0 Å². The molecule has 2 aliphatic rings. The molecule has 1 aliphatic carbocycles. The van der Waals surface area contributed by atoms with Crippen molar-refractivity contribution < 1.29 is 9.47 Å². The molecular formula is C15H21NO2. The van der Waals surface area contributed by atoms with Crippen LogP contribution in [0.2, 0.25) is 0 Å². The first kappa shape index (κ1) is 11.8. The average Bonchev–Trinajstić information content (AvgIpc) is 3.06. The second kappa shape index (κ2) is 5.19. The SMILES string of the molecule is CNC(Cc1ccc2c(c1)OCO2)C1CCCC1. The van der Waals surface area contributed by atoms with Gasteiger partial charge in [0.15, 0.2) is 11.5 Å². The molecule has 0 saturated heterocycles. The van der Waals surface area contributed by atoms with Gasteiger partial charge in [-0.15, -0.1) is 0 Å². The number of fused-ring (bicyclic) bond motifs is 1. The van der Waals surface area contributed by atoms with Gasteiger partial charge in [0.25, 0.3) is 0 Å². The highest BCUT2D eigenvalue weighted by Crippen LogP contribution is 2.34. The van der Waals surface area contributed by atoms with E-state index in [4.69, 9.17) is 9.47 Å². The van der Waals surface area contributed by atoms with Crippen molar-refractivity contribution in [3.05, 3.63) is 23.8 Å². The molecule has 1 atom stereocenters. The minimum Gasteiger partial charge on any atom is -0.454 e. The number of likely N-dealkylation sites (N-methyl/N-ethyl adjacent to an activating group) is 1. The van der Waals surface area contributed by atoms with Crippen LogP contribution >= 0.6 is 0 Å². The van der Waals surface area contributed by atoms with Crippen LogP contribution in [-0.2, 0) is 6.42 Å². The van der Waals surface area contributed by atoms with E-state index in [9.17, 15) is 0 Å². The minimum atomic E-state index is 0.358. The summed E-state index contributed by atoms with van der Waals surface area (Å²) in [5.41, 5.74) is 1.34. The highest BCUT2D eigenvalue weighted by Gasteiger charge is 2.24. The van der Waals surface area contributed by atoms with Crippen molar-refractivity contribution in [1.29, 1.82) is 0 Å². The van der Waals surface area contributed by atoms with Gasteiger partial charge in [-0.1, -0.05) is 18.9 Å². The van der Waals surface area contributed by atoms with Gasteiger partial charge in [0, 0.05) is 6.04 Å². The summed E-state index contributed by atoms with van der Waals surface area (Å²) in [5, 5.41) is 3.49. The molecule has 1 heterocycles. The van der Waals surface area contributed by atoms with Crippen LogP contribution in [0.5, 0.6) is 11.5 Å². The number of rotatable bonds is 4. The zero-order valence-corrected chi connectivity index (χ0v) is 10.9. The van der Waals surface area contributed by atoms with E-state index in [0.29, 0.717) is 12.8 Å². The fraction of sp³-hybridized carbons (Fsp3) is 0.600. The Hall–Kier alpha value is -1.22. The van der Waals surface area contributed by atoms with E-state index in [1.165, 1.54) is 31.2 Å². The highest BCUT2D eigenvalue weighted by atomic mass is 16.7. The summed E-state index contributed by atoms with van der Waals surface area (Å²) in [6.07, 6.45) is 6.61. The molecule has 1 saturated carbocycles. The molecule has 0 spiro atoms. The monoisotopic (exact) mass is 247 g/mol. The topological polar surface area (TPSA) is 30.5 Å². The molecule has 18 heavy (non-hydrogen) atoms. The molecule has 1 fully saturated rings. The summed E-state index contributed by atoms with van der Waals surface area (Å²) in [4.78, 5) is 0. The van der Waals surface area contributed by atoms with Crippen LogP contribution < -0.4 is 14.8 Å². The van der Waals surface area contributed by atoms with Crippen LogP contribution in [0.1, 0.15) is 31.2 Å². The lowest BCUT2D eigenvalue weighted by molar-refractivity contribution is 0.174. The molecular weight excluding hydrogens is 226 g/mol. The first-order chi connectivity index (χ1) is 8.86. The number of hydrogen-bond donors (Lipinski definition) is 1. The zero-order valence-electron chi connectivity index (χ0n) is 10.9. The molecule has 0 aromatic heterocycles. The van der Waals surface area contributed by atoms with Crippen LogP contribution in [0.3, 0.4) is 0 Å². The molecule has 1 aromatic carbocycles. The first-order valence-electron chi connectivity index (χ1n) is 6.92. The van der Waals surface area contributed by atoms with Gasteiger partial charge >= 0.3 is 0 Å². The van der Waals surface area contributed by atoms with E-state index >= 15 is 0 Å². The van der Waals surface area contributed by atoms with Crippen molar-refractivity contribution in [3.63, 3.8) is 0 Å². The van der Waals surface area contributed by atoms with Gasteiger partial charge in [0.2, 0.25) is 6.79 Å². The van der Waals surface area contributed by atoms with Crippen molar-refractivity contribution in [2.45, 2.75) is 38.1 Å². The lowest BCUT2D eigenvalue weighted by atomic mass is 9.92. The Morgan fingerprint density at radius 1 is 1.22 bits per heavy atom. The third-order valence-corrected chi connectivity index (χ3v) is 4.23. The Morgan fingerprint density at radius 3 is 2.78 bits per heavy atom. The van der Waals surface area contributed by atoms with Crippen LogP contribution in [-0.4, -0.2) is 19.9 Å². The Kier molecular flexibility index (Phi) is 3.41. The molecule has 0 radical (unpaired) electrons. The molecule has 1 aromatic rings. The smallest absolute Gasteiger partial charge is 0.231 e. The van der Waals surface area contributed by atoms with E-state index in [-0.39, 0.29) is 0 Å². The van der Waals surface area contributed by atoms with Gasteiger partial charge in [0.1, 0.15) is 0 Å². The third kappa shape index (κ3) is 2.32. The summed E-state index contributed by atoms with van der Waals surface area (Å²) in [6, 6.07) is 6.90. The standard InChI is InChI=1S/C15H21NO2/c1-16-13(12-4-2-3-5-12)8-11-6-7-14-15(9-11)18-10-17-14/h6-7,9,12-13,16H,2-5,8,10H2,1H3. The van der Waals surface area contributed by atoms with Crippen LogP contribution in [0.15, 0.2) is 18.2 Å². The van der Waals surface area contributed by atoms with Gasteiger partial charge in [-0.05, 0) is 49.9 Å². The zero-order chi connectivity index (χ0) is 12.4. The predicted molar refractivity (Wildman–Crippen MR) is 71.1 cm³/mol. The fourth-order valence-corrected chi connectivity index (χ4v) is 3.19. The summed E-state index contributed by atoms with van der Waals surface area (Å²) in [6.45, 7) is 0.358. The lowest BCUT2D eigenvalue weighted by Gasteiger charge is -2.23. The molecule has 1 unspecified atom stereocenters. The van der Waals surface area contributed by atoms with E-state index in [1.807, 2.05) is 6.07 Å². The molecule has 3 heteroatoms. The summed E-state index contributed by atoms with van der Waals surface area (Å²) in [7, 11) is 2.08. The molecule has 1 N–H and O–H groups in total. The van der Waals surface area contributed by atoms with Crippen LogP contribution in [0.25, 0.3) is 0 Å². The second-order valence-corrected chi connectivity index (χ2v) is 5.33. The third-order valence-electron chi connectivity index (χ3n) is 4.23. The lowest BCUT2D eigenvalue weighted by Crippen LogP contribution is -2.34. The molecule has 0 amide bonds. The maximum absolute atomic E-state index is 5.44. The number of benzene rings is 1. The van der Waals surface area contributed by atoms with Crippen molar-refractivity contribution in [2.75, 3.05) is 13.8 Å². The Bertz CT molecular complexity index is 413. The maximum Gasteiger partial charge on any atom is 0.231 e. The van der Waals surface area contributed by atoms with Gasteiger partial charge in [-0.25, -0.2) is 0 Å². The van der Waals surface area contributed by atoms with Crippen molar-refractivity contribution in [2.24, 2.45) is 5.92 Å². The van der Waals surface area contributed by atoms with Gasteiger partial charge in [-0.2, -0.15) is 0 Å². The summed E-state index contributed by atoms with van der Waals surface area (Å²) >= 11 is 0. The van der Waals surface area contributed by atoms with Gasteiger partial charge in [0.05, 0.1) is 0 Å². The fourth-order valence-electron chi connectivity index (χ4n) is 3.19. The van der Waals surface area contributed by atoms with E-state index < -0.39 is 0 Å². The molecule has 0 bridgehead atoms. The summed E-state index contributed by atoms with van der Waals surface area (Å²) < 4.78 is 10.8. The van der Waals surface area contributed by atoms with E-state index in [2.05, 4.69) is 24.5 Å². The van der Waals surface area contributed by atoms with Gasteiger partial charge in [-0.3, -0.25) is 0 Å². The normalized spacial score (nSPS) is 20.3.